The molecule has 0 aromatic carbocycles. The molecule has 0 amide bonds. The topological polar surface area (TPSA) is 69.8 Å². The van der Waals surface area contributed by atoms with E-state index in [0.29, 0.717) is 5.69 Å². The van der Waals surface area contributed by atoms with E-state index >= 15 is 0 Å². The molecule has 0 aliphatic rings. The smallest absolute Gasteiger partial charge is 0.115 e. The van der Waals surface area contributed by atoms with Gasteiger partial charge in [-0.3, -0.25) is 0 Å². The minimum atomic E-state index is -0.875. The lowest BCUT2D eigenvalue weighted by atomic mass is 9.86. The van der Waals surface area contributed by atoms with Gasteiger partial charge in [-0.05, 0) is 19.9 Å². The number of hydrogen-bond donors (Lipinski definition) is 1. The monoisotopic (exact) mass is 177 g/mol. The first-order valence-corrected chi connectivity index (χ1v) is 3.93. The van der Waals surface area contributed by atoms with E-state index in [4.69, 9.17) is 5.26 Å². The minimum Gasteiger partial charge on any atom is -0.385 e. The summed E-state index contributed by atoms with van der Waals surface area (Å²) in [6.07, 6.45) is 2.02. The third kappa shape index (κ3) is 2.01. The lowest BCUT2D eigenvalue weighted by Gasteiger charge is -2.21. The summed E-state index contributed by atoms with van der Waals surface area (Å²) in [5, 5.41) is 18.5. The van der Waals surface area contributed by atoms with Crippen molar-refractivity contribution in [2.75, 3.05) is 0 Å². The first-order chi connectivity index (χ1) is 6.08. The van der Waals surface area contributed by atoms with E-state index in [1.54, 1.807) is 26.1 Å². The molecule has 1 N–H and O–H groups in total. The second kappa shape index (κ2) is 3.50. The number of rotatable bonds is 2. The van der Waals surface area contributed by atoms with Crippen LogP contribution in [-0.2, 0) is 0 Å². The molecule has 4 nitrogen and oxygen atoms in total. The van der Waals surface area contributed by atoms with E-state index in [0.717, 1.165) is 0 Å². The maximum atomic E-state index is 9.74. The van der Waals surface area contributed by atoms with Gasteiger partial charge in [0.05, 0.1) is 17.2 Å². The highest BCUT2D eigenvalue weighted by Gasteiger charge is 2.29. The Bertz CT molecular complexity index is 315. The van der Waals surface area contributed by atoms with Crippen molar-refractivity contribution < 1.29 is 5.11 Å². The predicted octanol–water partition coefficient (Wildman–Crippen LogP) is 1.06. The van der Waals surface area contributed by atoms with Gasteiger partial charge < -0.3 is 5.11 Å². The molecule has 0 fully saturated rings. The van der Waals surface area contributed by atoms with Crippen LogP contribution in [0.3, 0.4) is 0 Å². The number of nitrogens with zero attached hydrogens (tertiary/aromatic N) is 3. The van der Waals surface area contributed by atoms with Crippen molar-refractivity contribution in [3.63, 3.8) is 0 Å². The summed E-state index contributed by atoms with van der Waals surface area (Å²) in [5.74, 6) is 0. The van der Waals surface area contributed by atoms with Crippen LogP contribution in [0.5, 0.6) is 0 Å². The Hall–Kier alpha value is -1.47. The number of hydrogen-bond acceptors (Lipinski definition) is 4. The zero-order valence-corrected chi connectivity index (χ0v) is 7.60. The van der Waals surface area contributed by atoms with E-state index in [1.165, 1.54) is 6.33 Å². The van der Waals surface area contributed by atoms with Crippen molar-refractivity contribution in [3.05, 3.63) is 24.3 Å². The molecule has 4 heteroatoms. The number of aliphatic hydroxyl groups is 1. The molecule has 68 valence electrons. The normalized spacial score (nSPS) is 13.4. The fourth-order valence-electron chi connectivity index (χ4n) is 0.894. The van der Waals surface area contributed by atoms with E-state index in [-0.39, 0.29) is 0 Å². The Morgan fingerprint density at radius 3 is 2.77 bits per heavy atom. The summed E-state index contributed by atoms with van der Waals surface area (Å²) < 4.78 is 0. The quantitative estimate of drug-likeness (QED) is 0.733. The van der Waals surface area contributed by atoms with Crippen molar-refractivity contribution >= 4 is 0 Å². The molecule has 1 aromatic rings. The summed E-state index contributed by atoms with van der Waals surface area (Å²) in [7, 11) is 0. The van der Waals surface area contributed by atoms with Crippen LogP contribution in [0.1, 0.15) is 25.6 Å². The van der Waals surface area contributed by atoms with Gasteiger partial charge in [0.15, 0.2) is 0 Å². The summed E-state index contributed by atoms with van der Waals surface area (Å²) in [4.78, 5) is 7.61. The lowest BCUT2D eigenvalue weighted by Crippen LogP contribution is -2.20. The molecule has 1 aromatic heterocycles. The van der Waals surface area contributed by atoms with Crippen molar-refractivity contribution in [2.24, 2.45) is 5.41 Å². The Morgan fingerprint density at radius 2 is 2.31 bits per heavy atom. The highest BCUT2D eigenvalue weighted by Crippen LogP contribution is 2.30. The van der Waals surface area contributed by atoms with Gasteiger partial charge >= 0.3 is 0 Å². The summed E-state index contributed by atoms with van der Waals surface area (Å²) in [6.45, 7) is 3.33. The van der Waals surface area contributed by atoms with Crippen LogP contribution < -0.4 is 0 Å². The molecule has 0 saturated carbocycles. The molecule has 1 atom stereocenters. The number of nitriles is 1. The number of aliphatic hydroxyl groups excluding tert-OH is 1. The van der Waals surface area contributed by atoms with E-state index in [9.17, 15) is 5.11 Å². The highest BCUT2D eigenvalue weighted by atomic mass is 16.3. The maximum absolute atomic E-state index is 9.74. The van der Waals surface area contributed by atoms with Crippen LogP contribution in [0.15, 0.2) is 18.6 Å². The highest BCUT2D eigenvalue weighted by molar-refractivity contribution is 5.11. The largest absolute Gasteiger partial charge is 0.385 e. The van der Waals surface area contributed by atoms with Crippen LogP contribution in [0.2, 0.25) is 0 Å². The fraction of sp³-hybridized carbons (Fsp3) is 0.444. The van der Waals surface area contributed by atoms with Crippen LogP contribution in [0.4, 0.5) is 0 Å². The van der Waals surface area contributed by atoms with Crippen LogP contribution in [0.25, 0.3) is 0 Å². The average Bonchev–Trinajstić information content (AvgIpc) is 2.18. The van der Waals surface area contributed by atoms with Crippen LogP contribution in [-0.4, -0.2) is 15.1 Å². The second-order valence-corrected chi connectivity index (χ2v) is 3.37. The standard InChI is InChI=1S/C9H11N3O/c1-9(2,5-10)8(13)7-3-4-11-6-12-7/h3-4,6,8,13H,1-2H3. The predicted molar refractivity (Wildman–Crippen MR) is 46.4 cm³/mol. The van der Waals surface area contributed by atoms with Gasteiger partial charge in [-0.25, -0.2) is 9.97 Å². The molecule has 0 bridgehead atoms. The summed E-state index contributed by atoms with van der Waals surface area (Å²) in [5.41, 5.74) is -0.351. The minimum absolute atomic E-state index is 0.474. The first kappa shape index (κ1) is 9.62. The van der Waals surface area contributed by atoms with Gasteiger partial charge in [0, 0.05) is 6.20 Å². The average molecular weight is 177 g/mol. The molecular formula is C9H11N3O. The van der Waals surface area contributed by atoms with Gasteiger partial charge in [0.25, 0.3) is 0 Å². The molecule has 0 aliphatic carbocycles. The molecule has 1 heterocycles. The summed E-state index contributed by atoms with van der Waals surface area (Å²) >= 11 is 0. The van der Waals surface area contributed by atoms with Crippen molar-refractivity contribution in [1.82, 2.24) is 9.97 Å². The molecule has 13 heavy (non-hydrogen) atoms. The SMILES string of the molecule is CC(C)(C#N)C(O)c1ccncn1. The van der Waals surface area contributed by atoms with Crippen molar-refractivity contribution in [2.45, 2.75) is 20.0 Å². The number of aromatic nitrogens is 2. The zero-order valence-electron chi connectivity index (χ0n) is 7.60. The molecule has 0 radical (unpaired) electrons. The molecule has 0 saturated heterocycles. The maximum Gasteiger partial charge on any atom is 0.115 e. The first-order valence-electron chi connectivity index (χ1n) is 3.93. The Morgan fingerprint density at radius 1 is 1.62 bits per heavy atom. The van der Waals surface area contributed by atoms with E-state index in [2.05, 4.69) is 9.97 Å². The lowest BCUT2D eigenvalue weighted by molar-refractivity contribution is 0.0826. The fourth-order valence-corrected chi connectivity index (χ4v) is 0.894. The molecular weight excluding hydrogens is 166 g/mol. The Labute approximate surface area is 76.9 Å². The van der Waals surface area contributed by atoms with Gasteiger partial charge in [-0.2, -0.15) is 5.26 Å². The third-order valence-corrected chi connectivity index (χ3v) is 1.86. The van der Waals surface area contributed by atoms with Gasteiger partial charge in [-0.15, -0.1) is 0 Å². The van der Waals surface area contributed by atoms with E-state index < -0.39 is 11.5 Å². The summed E-state index contributed by atoms with van der Waals surface area (Å²) in [6, 6.07) is 3.63. The van der Waals surface area contributed by atoms with Gasteiger partial charge in [0.2, 0.25) is 0 Å². The molecule has 0 aliphatic heterocycles. The molecule has 1 rings (SSSR count). The van der Waals surface area contributed by atoms with Gasteiger partial charge in [-0.1, -0.05) is 0 Å². The molecule has 0 spiro atoms. The van der Waals surface area contributed by atoms with Gasteiger partial charge in [0.1, 0.15) is 12.4 Å². The Kier molecular flexibility index (Phi) is 2.59. The Balaban J connectivity index is 2.94. The van der Waals surface area contributed by atoms with E-state index in [1.807, 2.05) is 6.07 Å². The zero-order chi connectivity index (χ0) is 9.90. The second-order valence-electron chi connectivity index (χ2n) is 3.37. The third-order valence-electron chi connectivity index (χ3n) is 1.86. The van der Waals surface area contributed by atoms with Crippen molar-refractivity contribution in [3.8, 4) is 6.07 Å². The van der Waals surface area contributed by atoms with Crippen LogP contribution >= 0.6 is 0 Å². The van der Waals surface area contributed by atoms with Crippen molar-refractivity contribution in [1.29, 1.82) is 5.26 Å². The van der Waals surface area contributed by atoms with Crippen LogP contribution in [0, 0.1) is 16.7 Å². The molecule has 1 unspecified atom stereocenters.